The molecule has 0 aromatic heterocycles. The molecule has 0 radical (unpaired) electrons. The fourth-order valence-electron chi connectivity index (χ4n) is 2.74. The molecule has 1 N–H and O–H groups in total. The maximum atomic E-state index is 12.9. The fourth-order valence-corrected chi connectivity index (χ4v) is 2.74. The maximum absolute atomic E-state index is 12.9. The molecular weight excluding hydrogens is 318 g/mol. The van der Waals surface area contributed by atoms with Crippen molar-refractivity contribution in [3.63, 3.8) is 0 Å². The number of nitrogens with zero attached hydrogens (tertiary/aromatic N) is 1. The molecule has 0 aromatic carbocycles. The Morgan fingerprint density at radius 2 is 1.86 bits per heavy atom. The third-order valence-corrected chi connectivity index (χ3v) is 4.13. The largest absolute Gasteiger partial charge is 0.404 e. The van der Waals surface area contributed by atoms with Crippen LogP contribution in [0.5, 0.6) is 0 Å². The number of hydrogen-bond donors (Lipinski definition) is 1. The van der Waals surface area contributed by atoms with E-state index in [9.17, 15) is 31.1 Å². The number of rotatable bonds is 2. The predicted octanol–water partition coefficient (Wildman–Crippen LogP) is 1.71. The molecule has 0 aliphatic carbocycles. The van der Waals surface area contributed by atoms with Gasteiger partial charge in [0.2, 0.25) is 5.91 Å². The van der Waals surface area contributed by atoms with Crippen molar-refractivity contribution in [2.24, 2.45) is 5.41 Å². The van der Waals surface area contributed by atoms with E-state index >= 15 is 0 Å². The summed E-state index contributed by atoms with van der Waals surface area (Å²) in [6.07, 6.45) is -12.2. The minimum absolute atomic E-state index is 0.175. The van der Waals surface area contributed by atoms with Crippen LogP contribution in [0.2, 0.25) is 0 Å². The summed E-state index contributed by atoms with van der Waals surface area (Å²) < 4.78 is 82.6. The summed E-state index contributed by atoms with van der Waals surface area (Å²) in [4.78, 5) is 12.6. The zero-order valence-corrected chi connectivity index (χ0v) is 11.6. The van der Waals surface area contributed by atoms with Crippen LogP contribution in [0.25, 0.3) is 0 Å². The Bertz CT molecular complexity index is 403. The van der Waals surface area contributed by atoms with E-state index in [-0.39, 0.29) is 19.1 Å². The molecule has 0 saturated carbocycles. The number of halogens is 6. The second-order valence-corrected chi connectivity index (χ2v) is 5.57. The van der Waals surface area contributed by atoms with E-state index in [1.54, 1.807) is 0 Å². The third-order valence-electron chi connectivity index (χ3n) is 4.13. The lowest BCUT2D eigenvalue weighted by Gasteiger charge is -2.33. The number of alkyl halides is 6. The first-order valence-electron chi connectivity index (χ1n) is 6.79. The van der Waals surface area contributed by atoms with Gasteiger partial charge in [-0.15, -0.1) is 0 Å². The lowest BCUT2D eigenvalue weighted by atomic mass is 9.85. The SMILES string of the molecule is O=C(CC1COCCN1)N1CCC(C(F)(F)F)(C(F)(F)F)C1. The molecule has 10 heteroatoms. The molecule has 2 aliphatic rings. The van der Waals surface area contributed by atoms with Crippen molar-refractivity contribution in [2.45, 2.75) is 31.2 Å². The van der Waals surface area contributed by atoms with E-state index in [1.807, 2.05) is 0 Å². The molecule has 2 aliphatic heterocycles. The van der Waals surface area contributed by atoms with E-state index in [2.05, 4.69) is 5.32 Å². The number of likely N-dealkylation sites (tertiary alicyclic amines) is 1. The van der Waals surface area contributed by atoms with Crippen molar-refractivity contribution < 1.29 is 35.9 Å². The van der Waals surface area contributed by atoms with Gasteiger partial charge in [-0.1, -0.05) is 0 Å². The van der Waals surface area contributed by atoms with Gasteiger partial charge in [-0.05, 0) is 6.42 Å². The maximum Gasteiger partial charge on any atom is 0.404 e. The Morgan fingerprint density at radius 1 is 1.23 bits per heavy atom. The number of nitrogens with one attached hydrogen (secondary N) is 1. The van der Waals surface area contributed by atoms with Crippen molar-refractivity contribution in [2.75, 3.05) is 32.8 Å². The Balaban J connectivity index is 2.05. The number of hydrogen-bond acceptors (Lipinski definition) is 3. The summed E-state index contributed by atoms with van der Waals surface area (Å²) >= 11 is 0. The number of ether oxygens (including phenoxy) is 1. The van der Waals surface area contributed by atoms with E-state index in [4.69, 9.17) is 4.74 Å². The summed E-state index contributed by atoms with van der Waals surface area (Å²) in [7, 11) is 0. The lowest BCUT2D eigenvalue weighted by Crippen LogP contribution is -2.52. The average molecular weight is 334 g/mol. The predicted molar refractivity (Wildman–Crippen MR) is 63.0 cm³/mol. The van der Waals surface area contributed by atoms with Gasteiger partial charge in [0, 0.05) is 32.1 Å². The second kappa shape index (κ2) is 5.88. The third kappa shape index (κ3) is 3.17. The summed E-state index contributed by atoms with van der Waals surface area (Å²) in [5.74, 6) is -0.724. The van der Waals surface area contributed by atoms with Crippen molar-refractivity contribution in [3.05, 3.63) is 0 Å². The minimum atomic E-state index is -5.44. The van der Waals surface area contributed by atoms with Gasteiger partial charge in [0.1, 0.15) is 0 Å². The summed E-state index contributed by atoms with van der Waals surface area (Å²) in [6, 6.07) is -0.381. The Hall–Kier alpha value is -1.03. The zero-order valence-electron chi connectivity index (χ0n) is 11.6. The van der Waals surface area contributed by atoms with Crippen molar-refractivity contribution in [1.29, 1.82) is 0 Å². The molecule has 0 bridgehead atoms. The number of amides is 1. The van der Waals surface area contributed by atoms with Crippen molar-refractivity contribution >= 4 is 5.91 Å². The monoisotopic (exact) mass is 334 g/mol. The first kappa shape index (κ1) is 17.3. The molecule has 0 spiro atoms. The highest BCUT2D eigenvalue weighted by atomic mass is 19.4. The van der Waals surface area contributed by atoms with Crippen LogP contribution in [0.3, 0.4) is 0 Å². The normalized spacial score (nSPS) is 26.3. The van der Waals surface area contributed by atoms with Crippen LogP contribution in [0.15, 0.2) is 0 Å². The minimum Gasteiger partial charge on any atom is -0.378 e. The van der Waals surface area contributed by atoms with Crippen LogP contribution in [0.1, 0.15) is 12.8 Å². The van der Waals surface area contributed by atoms with Gasteiger partial charge in [-0.2, -0.15) is 26.3 Å². The second-order valence-electron chi connectivity index (χ2n) is 5.57. The van der Waals surface area contributed by atoms with Crippen LogP contribution in [0, 0.1) is 5.41 Å². The van der Waals surface area contributed by atoms with Gasteiger partial charge >= 0.3 is 12.4 Å². The molecule has 128 valence electrons. The standard InChI is InChI=1S/C12H16F6N2O2/c13-11(14,15)10(12(16,17)18)1-3-20(7-10)9(21)5-8-6-22-4-2-19-8/h8,19H,1-7H2. The average Bonchev–Trinajstić information content (AvgIpc) is 2.85. The van der Waals surface area contributed by atoms with Crippen LogP contribution < -0.4 is 5.32 Å². The molecule has 22 heavy (non-hydrogen) atoms. The smallest absolute Gasteiger partial charge is 0.378 e. The van der Waals surface area contributed by atoms with Gasteiger partial charge < -0.3 is 15.0 Å². The molecule has 1 unspecified atom stereocenters. The number of carbonyl (C=O) groups is 1. The quantitative estimate of drug-likeness (QED) is 0.782. The highest BCUT2D eigenvalue weighted by molar-refractivity contribution is 5.77. The Kier molecular flexibility index (Phi) is 4.63. The molecule has 0 aromatic rings. The number of morpholine rings is 1. The molecule has 2 heterocycles. The van der Waals surface area contributed by atoms with Crippen LogP contribution >= 0.6 is 0 Å². The summed E-state index contributed by atoms with van der Waals surface area (Å²) in [5.41, 5.74) is -3.83. The highest BCUT2D eigenvalue weighted by Gasteiger charge is 2.72. The van der Waals surface area contributed by atoms with Gasteiger partial charge in [-0.3, -0.25) is 4.79 Å². The molecule has 4 nitrogen and oxygen atoms in total. The number of carbonyl (C=O) groups excluding carboxylic acids is 1. The van der Waals surface area contributed by atoms with Crippen LogP contribution in [-0.2, 0) is 9.53 Å². The van der Waals surface area contributed by atoms with Gasteiger partial charge in [-0.25, -0.2) is 0 Å². The van der Waals surface area contributed by atoms with E-state index in [0.717, 1.165) is 0 Å². The van der Waals surface area contributed by atoms with Crippen molar-refractivity contribution in [1.82, 2.24) is 10.2 Å². The molecule has 1 amide bonds. The Morgan fingerprint density at radius 3 is 2.32 bits per heavy atom. The Labute approximate surface area is 122 Å². The van der Waals surface area contributed by atoms with Crippen molar-refractivity contribution in [3.8, 4) is 0 Å². The van der Waals surface area contributed by atoms with E-state index in [0.29, 0.717) is 18.1 Å². The molecule has 2 rings (SSSR count). The van der Waals surface area contributed by atoms with Crippen LogP contribution in [-0.4, -0.2) is 62.0 Å². The summed E-state index contributed by atoms with van der Waals surface area (Å²) in [5, 5.41) is 2.94. The topological polar surface area (TPSA) is 41.6 Å². The lowest BCUT2D eigenvalue weighted by molar-refractivity contribution is -0.334. The van der Waals surface area contributed by atoms with Gasteiger partial charge in [0.25, 0.3) is 0 Å². The van der Waals surface area contributed by atoms with Crippen LogP contribution in [0.4, 0.5) is 26.3 Å². The fraction of sp³-hybridized carbons (Fsp3) is 0.917. The molecule has 1 atom stereocenters. The van der Waals surface area contributed by atoms with Gasteiger partial charge in [0.05, 0.1) is 13.2 Å². The zero-order chi connectivity index (χ0) is 16.6. The highest BCUT2D eigenvalue weighted by Crippen LogP contribution is 2.55. The van der Waals surface area contributed by atoms with E-state index < -0.39 is 43.2 Å². The molecule has 2 fully saturated rings. The summed E-state index contributed by atoms with van der Waals surface area (Å²) in [6.45, 7) is -0.756. The van der Waals surface area contributed by atoms with Gasteiger partial charge in [0.15, 0.2) is 5.41 Å². The first-order valence-corrected chi connectivity index (χ1v) is 6.79. The molecule has 2 saturated heterocycles. The van der Waals surface area contributed by atoms with E-state index in [1.165, 1.54) is 0 Å². The first-order chi connectivity index (χ1) is 10.1. The molecular formula is C12H16F6N2O2.